The van der Waals surface area contributed by atoms with Crippen molar-refractivity contribution in [1.82, 2.24) is 14.5 Å². The number of carbonyl (C=O) groups excluding carboxylic acids is 1. The molecule has 146 valence electrons. The number of benzene rings is 1. The predicted molar refractivity (Wildman–Crippen MR) is 112 cm³/mol. The zero-order valence-electron chi connectivity index (χ0n) is 15.6. The molecule has 29 heavy (non-hydrogen) atoms. The lowest BCUT2D eigenvalue weighted by Gasteiger charge is -2.11. The molecule has 0 atom stereocenters. The minimum absolute atomic E-state index is 0.290. The molecule has 4 rings (SSSR count). The molecule has 0 aliphatic heterocycles. The van der Waals surface area contributed by atoms with Gasteiger partial charge in [-0.2, -0.15) is 0 Å². The Morgan fingerprint density at radius 3 is 2.76 bits per heavy atom. The Morgan fingerprint density at radius 1 is 1.28 bits per heavy atom. The molecule has 8 heteroatoms. The number of pyridine rings is 1. The fraction of sp³-hybridized carbons (Fsp3) is 0.0952. The van der Waals surface area contributed by atoms with E-state index in [1.54, 1.807) is 30.6 Å². The van der Waals surface area contributed by atoms with Crippen molar-refractivity contribution in [3.8, 4) is 11.4 Å². The van der Waals surface area contributed by atoms with Crippen LogP contribution in [0.1, 0.15) is 21.6 Å². The van der Waals surface area contributed by atoms with Gasteiger partial charge in [0.1, 0.15) is 5.82 Å². The van der Waals surface area contributed by atoms with Crippen LogP contribution < -0.4 is 11.1 Å². The van der Waals surface area contributed by atoms with Gasteiger partial charge in [0, 0.05) is 23.8 Å². The number of hydrogen-bond donors (Lipinski definition) is 2. The highest BCUT2D eigenvalue weighted by Gasteiger charge is 2.19. The van der Waals surface area contributed by atoms with E-state index in [0.717, 1.165) is 28.3 Å². The minimum Gasteiger partial charge on any atom is -0.366 e. The number of nitrogens with two attached hydrogens (primary N) is 1. The fourth-order valence-electron chi connectivity index (χ4n) is 3.09. The fourth-order valence-corrected chi connectivity index (χ4v) is 3.82. The molecule has 0 radical (unpaired) electrons. The number of rotatable bonds is 6. The summed E-state index contributed by atoms with van der Waals surface area (Å²) in [5.41, 5.74) is 9.98. The van der Waals surface area contributed by atoms with Crippen LogP contribution in [0.2, 0.25) is 0 Å². The number of amides is 1. The van der Waals surface area contributed by atoms with E-state index in [1.807, 2.05) is 29.0 Å². The van der Waals surface area contributed by atoms with Crippen LogP contribution in [0, 0.1) is 12.7 Å². The standard InChI is InChI=1S/C21H18FN5OS/c1-13-17(20(23)28)9-19(27(13)11-14-4-6-15(22)7-5-14)18-12-29-21(26-18)25-16-3-2-8-24-10-16/h2-10,12H,11H2,1H3,(H2,23,28)(H,25,26). The van der Waals surface area contributed by atoms with Gasteiger partial charge in [0.25, 0.3) is 5.91 Å². The number of halogens is 1. The van der Waals surface area contributed by atoms with Crippen LogP contribution in [0.15, 0.2) is 60.2 Å². The summed E-state index contributed by atoms with van der Waals surface area (Å²) in [5.74, 6) is -0.785. The first-order valence-electron chi connectivity index (χ1n) is 8.88. The lowest BCUT2D eigenvalue weighted by Crippen LogP contribution is -2.12. The van der Waals surface area contributed by atoms with Crippen LogP contribution >= 0.6 is 11.3 Å². The summed E-state index contributed by atoms with van der Waals surface area (Å²) in [6.07, 6.45) is 3.42. The summed E-state index contributed by atoms with van der Waals surface area (Å²) in [7, 11) is 0. The molecule has 3 heterocycles. The zero-order chi connectivity index (χ0) is 20.4. The molecule has 0 aliphatic carbocycles. The van der Waals surface area contributed by atoms with Crippen molar-refractivity contribution < 1.29 is 9.18 Å². The first-order valence-corrected chi connectivity index (χ1v) is 9.76. The van der Waals surface area contributed by atoms with Crippen molar-refractivity contribution in [2.75, 3.05) is 5.32 Å². The minimum atomic E-state index is -0.495. The van der Waals surface area contributed by atoms with Crippen LogP contribution in [-0.2, 0) is 6.54 Å². The van der Waals surface area contributed by atoms with Crippen molar-refractivity contribution in [3.63, 3.8) is 0 Å². The van der Waals surface area contributed by atoms with Gasteiger partial charge >= 0.3 is 0 Å². The van der Waals surface area contributed by atoms with Crippen LogP contribution in [0.5, 0.6) is 0 Å². The maximum atomic E-state index is 13.3. The van der Waals surface area contributed by atoms with E-state index in [2.05, 4.69) is 15.3 Å². The molecule has 4 aromatic rings. The predicted octanol–water partition coefficient (Wildman–Crippen LogP) is 4.34. The topological polar surface area (TPSA) is 85.8 Å². The lowest BCUT2D eigenvalue weighted by atomic mass is 10.2. The van der Waals surface area contributed by atoms with Crippen LogP contribution in [-0.4, -0.2) is 20.4 Å². The van der Waals surface area contributed by atoms with Gasteiger partial charge in [-0.25, -0.2) is 9.37 Å². The van der Waals surface area contributed by atoms with Gasteiger partial charge < -0.3 is 15.6 Å². The number of nitrogens with one attached hydrogen (secondary N) is 1. The van der Waals surface area contributed by atoms with Gasteiger partial charge in [-0.05, 0) is 42.8 Å². The molecule has 0 aliphatic rings. The number of hydrogen-bond acceptors (Lipinski definition) is 5. The van der Waals surface area contributed by atoms with Crippen molar-refractivity contribution in [1.29, 1.82) is 0 Å². The molecule has 6 nitrogen and oxygen atoms in total. The second-order valence-electron chi connectivity index (χ2n) is 6.51. The number of aromatic nitrogens is 3. The Hall–Kier alpha value is -3.52. The molecule has 3 N–H and O–H groups in total. The van der Waals surface area contributed by atoms with E-state index in [4.69, 9.17) is 5.73 Å². The number of thiazole rings is 1. The number of primary amides is 1. The van der Waals surface area contributed by atoms with Gasteiger partial charge in [-0.15, -0.1) is 11.3 Å². The molecule has 0 fully saturated rings. The average Bonchev–Trinajstić information content (AvgIpc) is 3.29. The maximum Gasteiger partial charge on any atom is 0.250 e. The SMILES string of the molecule is Cc1c(C(N)=O)cc(-c2csc(Nc3cccnc3)n2)n1Cc1ccc(F)cc1. The zero-order valence-corrected chi connectivity index (χ0v) is 16.4. The smallest absolute Gasteiger partial charge is 0.250 e. The lowest BCUT2D eigenvalue weighted by molar-refractivity contribution is 0.0999. The molecule has 3 aromatic heterocycles. The second kappa shape index (κ2) is 7.84. The van der Waals surface area contributed by atoms with Crippen molar-refractivity contribution in [2.45, 2.75) is 13.5 Å². The normalized spacial score (nSPS) is 10.8. The van der Waals surface area contributed by atoms with Crippen molar-refractivity contribution >= 4 is 28.1 Å². The van der Waals surface area contributed by atoms with Crippen LogP contribution in [0.25, 0.3) is 11.4 Å². The third kappa shape index (κ3) is 4.02. The summed E-state index contributed by atoms with van der Waals surface area (Å²) in [4.78, 5) is 20.6. The van der Waals surface area contributed by atoms with Crippen LogP contribution in [0.3, 0.4) is 0 Å². The highest BCUT2D eigenvalue weighted by Crippen LogP contribution is 2.31. The van der Waals surface area contributed by atoms with Gasteiger partial charge in [0.15, 0.2) is 5.13 Å². The Bertz CT molecular complexity index is 1150. The molecule has 1 amide bonds. The Balaban J connectivity index is 1.70. The highest BCUT2D eigenvalue weighted by molar-refractivity contribution is 7.14. The van der Waals surface area contributed by atoms with E-state index in [1.165, 1.54) is 23.5 Å². The quantitative estimate of drug-likeness (QED) is 0.498. The monoisotopic (exact) mass is 407 g/mol. The molecule has 1 aromatic carbocycles. The third-order valence-electron chi connectivity index (χ3n) is 4.57. The Morgan fingerprint density at radius 2 is 2.07 bits per heavy atom. The second-order valence-corrected chi connectivity index (χ2v) is 7.37. The third-order valence-corrected chi connectivity index (χ3v) is 5.32. The van der Waals surface area contributed by atoms with E-state index in [0.29, 0.717) is 17.2 Å². The molecule has 0 saturated carbocycles. The molecule has 0 saturated heterocycles. The molecular formula is C21H18FN5OS. The average molecular weight is 407 g/mol. The Kier molecular flexibility index (Phi) is 5.09. The summed E-state index contributed by atoms with van der Waals surface area (Å²) in [6.45, 7) is 2.31. The molecule has 0 spiro atoms. The largest absolute Gasteiger partial charge is 0.366 e. The van der Waals surface area contributed by atoms with Crippen molar-refractivity contribution in [2.24, 2.45) is 5.73 Å². The molecule has 0 unspecified atom stereocenters. The van der Waals surface area contributed by atoms with Gasteiger partial charge in [0.2, 0.25) is 0 Å². The van der Waals surface area contributed by atoms with E-state index < -0.39 is 5.91 Å². The molecular weight excluding hydrogens is 389 g/mol. The number of carbonyl (C=O) groups is 1. The molecule has 0 bridgehead atoms. The Labute approximate surface area is 170 Å². The number of anilines is 2. The number of nitrogens with zero attached hydrogens (tertiary/aromatic N) is 3. The van der Waals surface area contributed by atoms with Gasteiger partial charge in [0.05, 0.1) is 28.8 Å². The van der Waals surface area contributed by atoms with Crippen LogP contribution in [0.4, 0.5) is 15.2 Å². The van der Waals surface area contributed by atoms with Crippen molar-refractivity contribution in [3.05, 3.63) is 82.9 Å². The van der Waals surface area contributed by atoms with E-state index in [9.17, 15) is 9.18 Å². The maximum absolute atomic E-state index is 13.3. The summed E-state index contributed by atoms with van der Waals surface area (Å²) in [6, 6.07) is 11.8. The first-order chi connectivity index (χ1) is 14.0. The summed E-state index contributed by atoms with van der Waals surface area (Å²) < 4.78 is 15.2. The summed E-state index contributed by atoms with van der Waals surface area (Å²) >= 11 is 1.45. The first kappa shape index (κ1) is 18.8. The van der Waals surface area contributed by atoms with Gasteiger partial charge in [-0.3, -0.25) is 9.78 Å². The van der Waals surface area contributed by atoms with E-state index >= 15 is 0 Å². The highest BCUT2D eigenvalue weighted by atomic mass is 32.1. The van der Waals surface area contributed by atoms with Gasteiger partial charge in [-0.1, -0.05) is 12.1 Å². The van der Waals surface area contributed by atoms with E-state index in [-0.39, 0.29) is 5.82 Å². The summed E-state index contributed by atoms with van der Waals surface area (Å²) in [5, 5.41) is 5.84.